The highest BCUT2D eigenvalue weighted by Crippen LogP contribution is 2.14. The molecule has 1 aromatic carbocycles. The second-order valence-electron chi connectivity index (χ2n) is 6.88. The number of hydrogen-bond acceptors (Lipinski definition) is 4. The number of para-hydroxylation sites is 1. The van der Waals surface area contributed by atoms with Crippen molar-refractivity contribution in [2.24, 2.45) is 0 Å². The molecule has 3 N–H and O–H groups in total. The van der Waals surface area contributed by atoms with Crippen LogP contribution in [0.5, 0.6) is 0 Å². The number of piperazine rings is 1. The number of benzene rings is 1. The van der Waals surface area contributed by atoms with Gasteiger partial charge in [0.1, 0.15) is 0 Å². The summed E-state index contributed by atoms with van der Waals surface area (Å²) in [6.45, 7) is 6.57. The second kappa shape index (κ2) is 11.6. The highest BCUT2D eigenvalue weighted by Gasteiger charge is 2.23. The summed E-state index contributed by atoms with van der Waals surface area (Å²) in [6, 6.07) is 7.93. The van der Waals surface area contributed by atoms with E-state index in [4.69, 9.17) is 12.2 Å². The van der Waals surface area contributed by atoms with E-state index < -0.39 is 0 Å². The third-order valence-corrected chi connectivity index (χ3v) is 5.30. The summed E-state index contributed by atoms with van der Waals surface area (Å²) in [4.78, 5) is 26.9. The molecule has 154 valence electrons. The summed E-state index contributed by atoms with van der Waals surface area (Å²) in [5.74, 6) is -0.155. The smallest absolute Gasteiger partial charge is 0.305 e. The fourth-order valence-corrected chi connectivity index (χ4v) is 3.50. The normalized spacial score (nSPS) is 14.4. The van der Waals surface area contributed by atoms with Crippen LogP contribution in [0.4, 0.5) is 5.69 Å². The summed E-state index contributed by atoms with van der Waals surface area (Å²) >= 11 is 5.43. The molecule has 0 aromatic heterocycles. The Morgan fingerprint density at radius 3 is 2.64 bits per heavy atom. The van der Waals surface area contributed by atoms with Crippen molar-refractivity contribution in [3.05, 3.63) is 29.8 Å². The predicted octanol–water partition coefficient (Wildman–Crippen LogP) is 0.216. The van der Waals surface area contributed by atoms with Crippen LogP contribution in [-0.2, 0) is 20.7 Å². The van der Waals surface area contributed by atoms with Crippen LogP contribution in [-0.4, -0.2) is 68.3 Å². The van der Waals surface area contributed by atoms with Gasteiger partial charge in [0.2, 0.25) is 0 Å². The molecule has 1 fully saturated rings. The first-order chi connectivity index (χ1) is 13.5. The lowest BCUT2D eigenvalue weighted by molar-refractivity contribution is -0.895. The minimum absolute atomic E-state index is 0.0489. The van der Waals surface area contributed by atoms with Crippen LogP contribution < -0.4 is 15.5 Å². The number of quaternary nitrogens is 1. The zero-order valence-electron chi connectivity index (χ0n) is 16.8. The third-order valence-electron chi connectivity index (χ3n) is 4.90. The first kappa shape index (κ1) is 22.1. The largest absolute Gasteiger partial charge is 0.469 e. The van der Waals surface area contributed by atoms with Crippen molar-refractivity contribution < 1.29 is 19.2 Å². The Bertz CT molecular complexity index is 675. The number of aryl methyl sites for hydroxylation is 1. The molecule has 1 aliphatic heterocycles. The van der Waals surface area contributed by atoms with Gasteiger partial charge in [-0.15, -0.1) is 0 Å². The van der Waals surface area contributed by atoms with E-state index in [0.29, 0.717) is 31.0 Å². The highest BCUT2D eigenvalue weighted by molar-refractivity contribution is 7.80. The van der Waals surface area contributed by atoms with Gasteiger partial charge in [-0.05, 0) is 36.7 Å². The van der Waals surface area contributed by atoms with Crippen LogP contribution in [0.1, 0.15) is 25.3 Å². The van der Waals surface area contributed by atoms with Crippen molar-refractivity contribution in [2.45, 2.75) is 26.2 Å². The van der Waals surface area contributed by atoms with Crippen LogP contribution in [0.3, 0.4) is 0 Å². The van der Waals surface area contributed by atoms with Gasteiger partial charge in [0, 0.05) is 18.7 Å². The number of anilines is 1. The summed E-state index contributed by atoms with van der Waals surface area (Å²) in [7, 11) is 1.39. The van der Waals surface area contributed by atoms with Crippen LogP contribution in [0.2, 0.25) is 0 Å². The van der Waals surface area contributed by atoms with Crippen molar-refractivity contribution in [1.82, 2.24) is 10.2 Å². The number of nitrogens with zero attached hydrogens (tertiary/aromatic N) is 1. The Balaban J connectivity index is 1.68. The third kappa shape index (κ3) is 7.09. The van der Waals surface area contributed by atoms with Crippen molar-refractivity contribution >= 4 is 34.9 Å². The molecule has 0 saturated carbocycles. The molecule has 2 rings (SSSR count). The number of rotatable bonds is 8. The standard InChI is InChI=1S/C20H30N4O3S/c1-3-16-7-4-5-8-17(16)22-18(25)15-23-11-13-24(14-12-23)20(28)21-10-6-9-19(26)27-2/h4-5,7-8H,3,6,9-15H2,1-2H3,(H,21,28)(H,22,25)/p+1. The minimum atomic E-state index is -0.204. The van der Waals surface area contributed by atoms with Gasteiger partial charge < -0.3 is 25.2 Å². The number of esters is 1. The predicted molar refractivity (Wildman–Crippen MR) is 113 cm³/mol. The molecular formula is C20H31N4O3S+. The Morgan fingerprint density at radius 2 is 1.96 bits per heavy atom. The van der Waals surface area contributed by atoms with Crippen molar-refractivity contribution in [3.63, 3.8) is 0 Å². The topological polar surface area (TPSA) is 75.1 Å². The van der Waals surface area contributed by atoms with Gasteiger partial charge in [0.05, 0.1) is 33.3 Å². The molecular weight excluding hydrogens is 376 g/mol. The molecule has 28 heavy (non-hydrogen) atoms. The lowest BCUT2D eigenvalue weighted by Gasteiger charge is -2.33. The SMILES string of the molecule is CCc1ccccc1NC(=O)C[NH+]1CCN(C(=S)NCCCC(=O)OC)CC1. The Hall–Kier alpha value is -2.19. The molecule has 0 spiro atoms. The molecule has 1 amide bonds. The average Bonchev–Trinajstić information content (AvgIpc) is 2.71. The molecule has 7 nitrogen and oxygen atoms in total. The van der Waals surface area contributed by atoms with Gasteiger partial charge >= 0.3 is 5.97 Å². The quantitative estimate of drug-likeness (QED) is 0.325. The summed E-state index contributed by atoms with van der Waals surface area (Å²) in [6.07, 6.45) is 1.98. The molecule has 0 radical (unpaired) electrons. The number of nitrogens with one attached hydrogen (secondary N) is 3. The van der Waals surface area contributed by atoms with Crippen molar-refractivity contribution in [1.29, 1.82) is 0 Å². The van der Waals surface area contributed by atoms with Crippen molar-refractivity contribution in [3.8, 4) is 0 Å². The van der Waals surface area contributed by atoms with E-state index >= 15 is 0 Å². The number of thiocarbonyl (C=S) groups is 1. The van der Waals surface area contributed by atoms with E-state index in [1.807, 2.05) is 24.3 Å². The molecule has 1 saturated heterocycles. The van der Waals surface area contributed by atoms with E-state index in [1.165, 1.54) is 12.0 Å². The molecule has 0 aliphatic carbocycles. The van der Waals surface area contributed by atoms with Crippen molar-refractivity contribution in [2.75, 3.05) is 51.7 Å². The molecule has 0 unspecified atom stereocenters. The van der Waals surface area contributed by atoms with E-state index in [-0.39, 0.29) is 11.9 Å². The van der Waals surface area contributed by atoms with Gasteiger partial charge in [-0.2, -0.15) is 0 Å². The first-order valence-electron chi connectivity index (χ1n) is 9.84. The number of ether oxygens (including phenoxy) is 1. The number of amides is 1. The highest BCUT2D eigenvalue weighted by atomic mass is 32.1. The zero-order chi connectivity index (χ0) is 20.4. The number of hydrogen-bond donors (Lipinski definition) is 3. The molecule has 0 atom stereocenters. The lowest BCUT2D eigenvalue weighted by atomic mass is 10.1. The van der Waals surface area contributed by atoms with E-state index in [0.717, 1.165) is 43.9 Å². The summed E-state index contributed by atoms with van der Waals surface area (Å²) in [5, 5.41) is 6.95. The van der Waals surface area contributed by atoms with E-state index in [9.17, 15) is 9.59 Å². The monoisotopic (exact) mass is 407 g/mol. The Labute approximate surface area is 172 Å². The molecule has 8 heteroatoms. The van der Waals surface area contributed by atoms with Gasteiger partial charge in [-0.3, -0.25) is 9.59 Å². The number of carbonyl (C=O) groups excluding carboxylic acids is 2. The van der Waals surface area contributed by atoms with Gasteiger partial charge in [0.25, 0.3) is 5.91 Å². The number of methoxy groups -OCH3 is 1. The Morgan fingerprint density at radius 1 is 1.25 bits per heavy atom. The van der Waals surface area contributed by atoms with Gasteiger partial charge in [0.15, 0.2) is 11.7 Å². The molecule has 1 aromatic rings. The van der Waals surface area contributed by atoms with Crippen LogP contribution in [0.25, 0.3) is 0 Å². The fraction of sp³-hybridized carbons (Fsp3) is 0.550. The zero-order valence-corrected chi connectivity index (χ0v) is 17.6. The van der Waals surface area contributed by atoms with E-state index in [2.05, 4.69) is 27.2 Å². The maximum atomic E-state index is 12.4. The Kier molecular flexibility index (Phi) is 9.16. The maximum Gasteiger partial charge on any atom is 0.305 e. The molecule has 1 aliphatic rings. The number of carbonyl (C=O) groups is 2. The summed E-state index contributed by atoms with van der Waals surface area (Å²) < 4.78 is 4.62. The minimum Gasteiger partial charge on any atom is -0.469 e. The lowest BCUT2D eigenvalue weighted by Crippen LogP contribution is -3.15. The van der Waals surface area contributed by atoms with Gasteiger partial charge in [-0.1, -0.05) is 25.1 Å². The van der Waals surface area contributed by atoms with Crippen LogP contribution in [0, 0.1) is 0 Å². The second-order valence-corrected chi connectivity index (χ2v) is 7.27. The average molecular weight is 408 g/mol. The first-order valence-corrected chi connectivity index (χ1v) is 10.2. The van der Waals surface area contributed by atoms with E-state index in [1.54, 1.807) is 0 Å². The fourth-order valence-electron chi connectivity index (χ4n) is 3.22. The molecule has 1 heterocycles. The maximum absolute atomic E-state index is 12.4. The van der Waals surface area contributed by atoms with Crippen LogP contribution in [0.15, 0.2) is 24.3 Å². The van der Waals surface area contributed by atoms with Crippen LogP contribution >= 0.6 is 12.2 Å². The van der Waals surface area contributed by atoms with Gasteiger partial charge in [-0.25, -0.2) is 0 Å². The molecule has 0 bridgehead atoms. The summed E-state index contributed by atoms with van der Waals surface area (Å²) in [5.41, 5.74) is 2.06.